The highest BCUT2D eigenvalue weighted by atomic mass is 14.9. The molecule has 0 bridgehead atoms. The van der Waals surface area contributed by atoms with Crippen LogP contribution in [0, 0.1) is 25.7 Å². The van der Waals surface area contributed by atoms with Gasteiger partial charge in [-0.25, -0.2) is 9.97 Å². The zero-order valence-corrected chi connectivity index (χ0v) is 13.4. The molecule has 0 aromatic carbocycles. The van der Waals surface area contributed by atoms with Gasteiger partial charge in [0.15, 0.2) is 0 Å². The summed E-state index contributed by atoms with van der Waals surface area (Å²) in [4.78, 5) is 9.17. The van der Waals surface area contributed by atoms with Gasteiger partial charge >= 0.3 is 0 Å². The fourth-order valence-electron chi connectivity index (χ4n) is 2.30. The van der Waals surface area contributed by atoms with Crippen molar-refractivity contribution in [1.29, 1.82) is 0 Å². The van der Waals surface area contributed by atoms with E-state index in [1.165, 1.54) is 5.56 Å². The van der Waals surface area contributed by atoms with Crippen molar-refractivity contribution in [2.24, 2.45) is 11.8 Å². The van der Waals surface area contributed by atoms with Gasteiger partial charge in [0.05, 0.1) is 0 Å². The lowest BCUT2D eigenvalue weighted by Gasteiger charge is -2.16. The van der Waals surface area contributed by atoms with Gasteiger partial charge in [-0.05, 0) is 50.8 Å². The van der Waals surface area contributed by atoms with Crippen LogP contribution in [0.2, 0.25) is 0 Å². The minimum absolute atomic E-state index is 0.618. The first kappa shape index (κ1) is 16.1. The minimum atomic E-state index is 0.618. The van der Waals surface area contributed by atoms with Crippen LogP contribution in [0.4, 0.5) is 0 Å². The fraction of sp³-hybridized carbons (Fsp3) is 0.750. The van der Waals surface area contributed by atoms with Crippen molar-refractivity contribution < 1.29 is 0 Å². The van der Waals surface area contributed by atoms with Crippen LogP contribution in [0.3, 0.4) is 0 Å². The molecular weight excluding hydrogens is 234 g/mol. The van der Waals surface area contributed by atoms with Crippen LogP contribution in [0.5, 0.6) is 0 Å². The Morgan fingerprint density at radius 2 is 1.58 bits per heavy atom. The van der Waals surface area contributed by atoms with Gasteiger partial charge in [-0.1, -0.05) is 27.7 Å². The predicted molar refractivity (Wildman–Crippen MR) is 81.5 cm³/mol. The van der Waals surface area contributed by atoms with Gasteiger partial charge < -0.3 is 5.32 Å². The highest BCUT2D eigenvalue weighted by molar-refractivity contribution is 5.24. The van der Waals surface area contributed by atoms with Gasteiger partial charge in [-0.2, -0.15) is 0 Å². The van der Waals surface area contributed by atoms with E-state index >= 15 is 0 Å². The number of aryl methyl sites for hydroxylation is 3. The Labute approximate surface area is 118 Å². The summed E-state index contributed by atoms with van der Waals surface area (Å²) in [5, 5.41) is 3.53. The van der Waals surface area contributed by atoms with Gasteiger partial charge in [0.1, 0.15) is 5.82 Å². The quantitative estimate of drug-likeness (QED) is 0.821. The summed E-state index contributed by atoms with van der Waals surface area (Å²) >= 11 is 0. The van der Waals surface area contributed by atoms with E-state index < -0.39 is 0 Å². The largest absolute Gasteiger partial charge is 0.316 e. The summed E-state index contributed by atoms with van der Waals surface area (Å²) < 4.78 is 0. The van der Waals surface area contributed by atoms with Gasteiger partial charge in [-0.15, -0.1) is 0 Å². The Bertz CT molecular complexity index is 376. The number of hydrogen-bond acceptors (Lipinski definition) is 3. The molecule has 0 aliphatic heterocycles. The van der Waals surface area contributed by atoms with E-state index in [-0.39, 0.29) is 0 Å². The molecule has 1 rings (SSSR count). The molecule has 1 heterocycles. The second kappa shape index (κ2) is 7.59. The van der Waals surface area contributed by atoms with Crippen molar-refractivity contribution in [3.8, 4) is 0 Å². The molecule has 3 nitrogen and oxygen atoms in total. The molecule has 1 N–H and O–H groups in total. The summed E-state index contributed by atoms with van der Waals surface area (Å²) in [5.41, 5.74) is 3.64. The highest BCUT2D eigenvalue weighted by Crippen LogP contribution is 2.15. The molecule has 19 heavy (non-hydrogen) atoms. The first-order valence-electron chi connectivity index (χ1n) is 7.47. The third kappa shape index (κ3) is 5.27. The van der Waals surface area contributed by atoms with Crippen LogP contribution in [0.15, 0.2) is 0 Å². The van der Waals surface area contributed by atoms with Crippen LogP contribution in [-0.2, 0) is 12.8 Å². The highest BCUT2D eigenvalue weighted by Gasteiger charge is 2.11. The molecular formula is C16H29N3. The lowest BCUT2D eigenvalue weighted by molar-refractivity contribution is 0.471. The lowest BCUT2D eigenvalue weighted by Crippen LogP contribution is -2.26. The average molecular weight is 263 g/mol. The summed E-state index contributed by atoms with van der Waals surface area (Å²) in [6.45, 7) is 15.2. The Morgan fingerprint density at radius 3 is 2.05 bits per heavy atom. The Morgan fingerprint density at radius 1 is 1.00 bits per heavy atom. The normalized spacial score (nSPS) is 13.0. The monoisotopic (exact) mass is 263 g/mol. The summed E-state index contributed by atoms with van der Waals surface area (Å²) in [7, 11) is 0. The Hall–Kier alpha value is -0.960. The zero-order chi connectivity index (χ0) is 14.4. The molecule has 0 amide bonds. The van der Waals surface area contributed by atoms with Gasteiger partial charge in [0.2, 0.25) is 0 Å². The summed E-state index contributed by atoms with van der Waals surface area (Å²) in [6.07, 6.45) is 1.97. The predicted octanol–water partition coefficient (Wildman–Crippen LogP) is 3.08. The maximum atomic E-state index is 4.58. The molecule has 1 aromatic heterocycles. The van der Waals surface area contributed by atoms with Crippen LogP contribution in [0.1, 0.15) is 50.5 Å². The minimum Gasteiger partial charge on any atom is -0.316 e. The maximum absolute atomic E-state index is 4.58. The molecule has 0 aliphatic rings. The van der Waals surface area contributed by atoms with Crippen molar-refractivity contribution in [1.82, 2.24) is 15.3 Å². The van der Waals surface area contributed by atoms with E-state index in [1.807, 2.05) is 0 Å². The van der Waals surface area contributed by atoms with E-state index in [0.29, 0.717) is 11.8 Å². The molecule has 0 fully saturated rings. The molecule has 0 saturated carbocycles. The van der Waals surface area contributed by atoms with E-state index in [1.54, 1.807) is 0 Å². The van der Waals surface area contributed by atoms with Gasteiger partial charge in [0.25, 0.3) is 0 Å². The Balaban J connectivity index is 2.61. The topological polar surface area (TPSA) is 37.8 Å². The molecule has 0 aliphatic carbocycles. The van der Waals surface area contributed by atoms with Crippen molar-refractivity contribution in [2.45, 2.75) is 54.4 Å². The zero-order valence-electron chi connectivity index (χ0n) is 13.4. The van der Waals surface area contributed by atoms with Gasteiger partial charge in [-0.3, -0.25) is 0 Å². The molecule has 3 heteroatoms. The molecule has 1 atom stereocenters. The number of aromatic nitrogens is 2. The van der Waals surface area contributed by atoms with Crippen molar-refractivity contribution >= 4 is 0 Å². The molecule has 1 unspecified atom stereocenters. The number of hydrogen-bond donors (Lipinski definition) is 1. The summed E-state index contributed by atoms with van der Waals surface area (Å²) in [6, 6.07) is 0. The fourth-order valence-corrected chi connectivity index (χ4v) is 2.30. The van der Waals surface area contributed by atoms with Crippen LogP contribution >= 0.6 is 0 Å². The first-order chi connectivity index (χ1) is 8.93. The van der Waals surface area contributed by atoms with E-state index in [0.717, 1.165) is 43.1 Å². The standard InChI is InChI=1S/C16H29N3/c1-7-16-18-13(5)15(14(6)19-16)8-12(4)10-17-9-11(2)3/h11-12,17H,7-10H2,1-6H3. The second-order valence-corrected chi connectivity index (χ2v) is 6.00. The smallest absolute Gasteiger partial charge is 0.128 e. The van der Waals surface area contributed by atoms with Crippen molar-refractivity contribution in [3.05, 3.63) is 22.8 Å². The van der Waals surface area contributed by atoms with Crippen LogP contribution < -0.4 is 5.32 Å². The van der Waals surface area contributed by atoms with Crippen LogP contribution in [-0.4, -0.2) is 23.1 Å². The van der Waals surface area contributed by atoms with Crippen molar-refractivity contribution in [2.75, 3.05) is 13.1 Å². The Kier molecular flexibility index (Phi) is 6.43. The van der Waals surface area contributed by atoms with Crippen molar-refractivity contribution in [3.63, 3.8) is 0 Å². The number of rotatable bonds is 7. The van der Waals surface area contributed by atoms with Crippen LogP contribution in [0.25, 0.3) is 0 Å². The number of nitrogens with zero attached hydrogens (tertiary/aromatic N) is 2. The second-order valence-electron chi connectivity index (χ2n) is 6.00. The SMILES string of the molecule is CCc1nc(C)c(CC(C)CNCC(C)C)c(C)n1. The van der Waals surface area contributed by atoms with E-state index in [2.05, 4.69) is 56.8 Å². The molecule has 0 spiro atoms. The van der Waals surface area contributed by atoms with E-state index in [9.17, 15) is 0 Å². The third-order valence-electron chi connectivity index (χ3n) is 3.38. The molecule has 1 aromatic rings. The molecule has 0 radical (unpaired) electrons. The van der Waals surface area contributed by atoms with Gasteiger partial charge in [0, 0.05) is 17.8 Å². The van der Waals surface area contributed by atoms with E-state index in [4.69, 9.17) is 0 Å². The third-order valence-corrected chi connectivity index (χ3v) is 3.38. The molecule has 108 valence electrons. The average Bonchev–Trinajstić information content (AvgIpc) is 2.33. The molecule has 0 saturated heterocycles. The lowest BCUT2D eigenvalue weighted by atomic mass is 9.98. The first-order valence-corrected chi connectivity index (χ1v) is 7.47. The number of nitrogens with one attached hydrogen (secondary N) is 1. The summed E-state index contributed by atoms with van der Waals surface area (Å²) in [5.74, 6) is 2.29. The maximum Gasteiger partial charge on any atom is 0.128 e.